The maximum atomic E-state index is 13.6. The third-order valence-corrected chi connectivity index (χ3v) is 6.61. The fraction of sp³-hybridized carbons (Fsp3) is 0.500. The number of carbonyl (C=O) groups excluding carboxylic acids is 2. The van der Waals surface area contributed by atoms with Gasteiger partial charge in [0.2, 0.25) is 0 Å². The number of aromatic nitrogens is 2. The Morgan fingerprint density at radius 1 is 1.08 bits per heavy atom. The highest BCUT2D eigenvalue weighted by atomic mass is 16.6. The van der Waals surface area contributed by atoms with Crippen molar-refractivity contribution in [2.24, 2.45) is 0 Å². The van der Waals surface area contributed by atoms with Gasteiger partial charge in [-0.15, -0.1) is 0 Å². The van der Waals surface area contributed by atoms with Crippen LogP contribution >= 0.6 is 0 Å². The van der Waals surface area contributed by atoms with E-state index in [9.17, 15) is 9.59 Å². The number of hydrogen-bond acceptors (Lipinski definition) is 6. The van der Waals surface area contributed by atoms with Crippen LogP contribution in [0.4, 0.5) is 10.5 Å². The lowest BCUT2D eigenvalue weighted by atomic mass is 10.1. The molecule has 1 saturated heterocycles. The number of hydrogen-bond donors (Lipinski definition) is 0. The van der Waals surface area contributed by atoms with Crippen LogP contribution in [-0.4, -0.2) is 58.9 Å². The van der Waals surface area contributed by atoms with E-state index < -0.39 is 5.60 Å². The van der Waals surface area contributed by atoms with E-state index in [1.165, 1.54) is 0 Å². The second-order valence-electron chi connectivity index (χ2n) is 10.8. The largest absolute Gasteiger partial charge is 0.493 e. The number of pyridine rings is 1. The first kappa shape index (κ1) is 28.3. The summed E-state index contributed by atoms with van der Waals surface area (Å²) in [6.45, 7) is 10.1. The first-order chi connectivity index (χ1) is 18.7. The molecule has 2 amide bonds. The number of benzene rings is 1. The monoisotopic (exact) mass is 536 g/mol. The molecule has 0 radical (unpaired) electrons. The molecule has 0 bridgehead atoms. The maximum Gasteiger partial charge on any atom is 0.326 e. The molecule has 1 aromatic carbocycles. The number of rotatable bonds is 11. The minimum absolute atomic E-state index is 0.0542. The highest BCUT2D eigenvalue weighted by Gasteiger charge is 2.28. The van der Waals surface area contributed by atoms with Gasteiger partial charge in [-0.05, 0) is 63.4 Å². The SMILES string of the molecule is CCCCCOc1cc(N2CCCN(Cc3ccnc4c3ccn4CC(=O)OC(C)(C)C)C2=O)ccc1OC. The summed E-state index contributed by atoms with van der Waals surface area (Å²) in [5.41, 5.74) is 1.91. The second-order valence-corrected chi connectivity index (χ2v) is 10.8. The quantitative estimate of drug-likeness (QED) is 0.228. The van der Waals surface area contributed by atoms with Crippen LogP contribution in [0.5, 0.6) is 11.5 Å². The number of methoxy groups -OCH3 is 1. The molecule has 3 heterocycles. The number of nitrogens with zero attached hydrogens (tertiary/aromatic N) is 4. The van der Waals surface area contributed by atoms with Crippen LogP contribution in [0.3, 0.4) is 0 Å². The van der Waals surface area contributed by atoms with Crippen LogP contribution in [0, 0.1) is 0 Å². The zero-order valence-corrected chi connectivity index (χ0v) is 23.7. The molecular weight excluding hydrogens is 496 g/mol. The zero-order valence-electron chi connectivity index (χ0n) is 23.7. The summed E-state index contributed by atoms with van der Waals surface area (Å²) >= 11 is 0. The van der Waals surface area contributed by atoms with Gasteiger partial charge in [-0.3, -0.25) is 9.69 Å². The van der Waals surface area contributed by atoms with Crippen molar-refractivity contribution in [3.05, 3.63) is 48.3 Å². The molecule has 9 heteroatoms. The van der Waals surface area contributed by atoms with Crippen molar-refractivity contribution < 1.29 is 23.8 Å². The summed E-state index contributed by atoms with van der Waals surface area (Å²) in [7, 11) is 1.62. The van der Waals surface area contributed by atoms with Gasteiger partial charge < -0.3 is 23.7 Å². The highest BCUT2D eigenvalue weighted by Crippen LogP contribution is 2.33. The van der Waals surface area contributed by atoms with Crippen molar-refractivity contribution in [2.45, 2.75) is 72.1 Å². The predicted octanol–water partition coefficient (Wildman–Crippen LogP) is 5.79. The number of urea groups is 1. The standard InChI is InChI=1S/C30H40N4O5/c1-6-7-8-18-38-26-19-23(10-11-25(26)37-5)34-16-9-15-33(29(34)36)20-22-12-14-31-28-24(22)13-17-32(28)21-27(35)39-30(2,3)4/h10-14,17,19H,6-9,15-16,18,20-21H2,1-5H3. The molecule has 0 saturated carbocycles. The molecule has 0 atom stereocenters. The van der Waals surface area contributed by atoms with Gasteiger partial charge in [-0.1, -0.05) is 19.8 Å². The number of anilines is 1. The average Bonchev–Trinajstić information content (AvgIpc) is 3.30. The van der Waals surface area contributed by atoms with Crippen LogP contribution < -0.4 is 14.4 Å². The van der Waals surface area contributed by atoms with E-state index in [1.807, 2.05) is 62.2 Å². The van der Waals surface area contributed by atoms with Crippen LogP contribution in [0.2, 0.25) is 0 Å². The van der Waals surface area contributed by atoms with Crippen LogP contribution in [-0.2, 0) is 22.6 Å². The van der Waals surface area contributed by atoms with Crippen LogP contribution in [0.15, 0.2) is 42.7 Å². The molecule has 0 unspecified atom stereocenters. The van der Waals surface area contributed by atoms with Crippen molar-refractivity contribution in [3.63, 3.8) is 0 Å². The summed E-state index contributed by atoms with van der Waals surface area (Å²) in [5, 5.41) is 0.915. The van der Waals surface area contributed by atoms with Gasteiger partial charge in [0.1, 0.15) is 17.8 Å². The Balaban J connectivity index is 1.49. The van der Waals surface area contributed by atoms with E-state index in [0.29, 0.717) is 43.4 Å². The van der Waals surface area contributed by atoms with Gasteiger partial charge in [-0.2, -0.15) is 0 Å². The van der Waals surface area contributed by atoms with E-state index in [0.717, 1.165) is 42.3 Å². The number of carbonyl (C=O) groups is 2. The van der Waals surface area contributed by atoms with Crippen molar-refractivity contribution >= 4 is 28.7 Å². The summed E-state index contributed by atoms with van der Waals surface area (Å²) in [5.74, 6) is 0.993. The van der Waals surface area contributed by atoms with Gasteiger partial charge in [0.25, 0.3) is 0 Å². The van der Waals surface area contributed by atoms with Gasteiger partial charge >= 0.3 is 12.0 Å². The minimum Gasteiger partial charge on any atom is -0.493 e. The summed E-state index contributed by atoms with van der Waals surface area (Å²) < 4.78 is 18.8. The number of unbranched alkanes of at least 4 members (excludes halogenated alkanes) is 2. The first-order valence-corrected chi connectivity index (χ1v) is 13.7. The van der Waals surface area contributed by atoms with Crippen molar-refractivity contribution in [3.8, 4) is 11.5 Å². The molecule has 39 heavy (non-hydrogen) atoms. The van der Waals surface area contributed by atoms with Crippen LogP contribution in [0.1, 0.15) is 58.9 Å². The van der Waals surface area contributed by atoms with Crippen LogP contribution in [0.25, 0.3) is 11.0 Å². The molecule has 0 aliphatic carbocycles. The molecule has 0 spiro atoms. The number of ether oxygens (including phenoxy) is 3. The topological polar surface area (TPSA) is 86.1 Å². The van der Waals surface area contributed by atoms with Crippen molar-refractivity contribution in [2.75, 3.05) is 31.7 Å². The maximum absolute atomic E-state index is 13.6. The van der Waals surface area contributed by atoms with Crippen molar-refractivity contribution in [1.82, 2.24) is 14.5 Å². The highest BCUT2D eigenvalue weighted by molar-refractivity contribution is 5.93. The fourth-order valence-electron chi connectivity index (χ4n) is 4.78. The first-order valence-electron chi connectivity index (χ1n) is 13.7. The lowest BCUT2D eigenvalue weighted by Gasteiger charge is -2.36. The fourth-order valence-corrected chi connectivity index (χ4v) is 4.78. The smallest absolute Gasteiger partial charge is 0.326 e. The molecule has 0 N–H and O–H groups in total. The molecule has 9 nitrogen and oxygen atoms in total. The molecule has 3 aromatic rings. The van der Waals surface area contributed by atoms with E-state index in [1.54, 1.807) is 22.8 Å². The second kappa shape index (κ2) is 12.4. The average molecular weight is 537 g/mol. The van der Waals surface area contributed by atoms with E-state index >= 15 is 0 Å². The molecule has 210 valence electrons. The number of esters is 1. The van der Waals surface area contributed by atoms with Gasteiger partial charge in [0.15, 0.2) is 11.5 Å². The molecule has 4 rings (SSSR count). The van der Waals surface area contributed by atoms with E-state index in [4.69, 9.17) is 14.2 Å². The molecule has 1 fully saturated rings. The third kappa shape index (κ3) is 7.02. The van der Waals surface area contributed by atoms with Gasteiger partial charge in [-0.25, -0.2) is 9.78 Å². The lowest BCUT2D eigenvalue weighted by Crippen LogP contribution is -2.49. The van der Waals surface area contributed by atoms with Crippen molar-refractivity contribution in [1.29, 1.82) is 0 Å². The Morgan fingerprint density at radius 2 is 1.90 bits per heavy atom. The Hall–Kier alpha value is -3.75. The van der Waals surface area contributed by atoms with Gasteiger partial charge in [0.05, 0.1) is 13.7 Å². The molecular formula is C30H40N4O5. The zero-order chi connectivity index (χ0) is 28.0. The van der Waals surface area contributed by atoms with Gasteiger partial charge in [0, 0.05) is 49.2 Å². The Kier molecular flexibility index (Phi) is 8.99. The normalized spacial score (nSPS) is 14.1. The Morgan fingerprint density at radius 3 is 2.64 bits per heavy atom. The van der Waals surface area contributed by atoms with E-state index in [2.05, 4.69) is 11.9 Å². The Bertz CT molecular complexity index is 1300. The third-order valence-electron chi connectivity index (χ3n) is 6.61. The Labute approximate surface area is 230 Å². The predicted molar refractivity (Wildman–Crippen MR) is 151 cm³/mol. The minimum atomic E-state index is -0.551. The number of fused-ring (bicyclic) bond motifs is 1. The summed E-state index contributed by atoms with van der Waals surface area (Å²) in [6, 6.07) is 9.48. The molecule has 1 aliphatic heterocycles. The number of amides is 2. The summed E-state index contributed by atoms with van der Waals surface area (Å²) in [6.07, 6.45) is 7.61. The molecule has 1 aliphatic rings. The van der Waals surface area contributed by atoms with E-state index in [-0.39, 0.29) is 18.5 Å². The molecule has 2 aromatic heterocycles. The lowest BCUT2D eigenvalue weighted by molar-refractivity contribution is -0.155. The summed E-state index contributed by atoms with van der Waals surface area (Å²) in [4.78, 5) is 34.2.